The third kappa shape index (κ3) is 5.39. The van der Waals surface area contributed by atoms with Crippen LogP contribution >= 0.6 is 7.92 Å². The van der Waals surface area contributed by atoms with Gasteiger partial charge in [0.05, 0.1) is 12.0 Å². The summed E-state index contributed by atoms with van der Waals surface area (Å²) < 4.78 is 6.28. The number of rotatable bonds is 8. The molecule has 0 radical (unpaired) electrons. The molecule has 1 aliphatic heterocycles. The Balaban J connectivity index is 1.40. The Bertz CT molecular complexity index is 1200. The van der Waals surface area contributed by atoms with Crippen LogP contribution in [0.5, 0.6) is 0 Å². The van der Waals surface area contributed by atoms with Crippen LogP contribution in [0.3, 0.4) is 0 Å². The number of benzene rings is 4. The van der Waals surface area contributed by atoms with E-state index in [4.69, 9.17) is 9.73 Å². The van der Waals surface area contributed by atoms with Gasteiger partial charge in [-0.1, -0.05) is 109 Å². The lowest BCUT2D eigenvalue weighted by Gasteiger charge is -2.23. The van der Waals surface area contributed by atoms with Crippen LogP contribution in [0.2, 0.25) is 0 Å². The Morgan fingerprint density at radius 1 is 0.714 bits per heavy atom. The molecule has 2 nitrogen and oxygen atoms in total. The Morgan fingerprint density at radius 2 is 1.20 bits per heavy atom. The maximum atomic E-state index is 6.28. The third-order valence-electron chi connectivity index (χ3n) is 6.74. The smallest absolute Gasteiger partial charge is 0.196 e. The zero-order valence-electron chi connectivity index (χ0n) is 20.5. The van der Waals surface area contributed by atoms with Crippen molar-refractivity contribution < 1.29 is 4.74 Å². The fourth-order valence-electron chi connectivity index (χ4n) is 4.89. The molecule has 5 rings (SSSR count). The second kappa shape index (κ2) is 11.0. The van der Waals surface area contributed by atoms with Gasteiger partial charge in [0, 0.05) is 0 Å². The average molecular weight is 478 g/mol. The predicted molar refractivity (Wildman–Crippen MR) is 150 cm³/mol. The molecule has 4 aromatic carbocycles. The maximum absolute atomic E-state index is 6.28. The SMILES string of the molecule is Cc1ccccc1P(CC[C@H]1COC(C(c2ccccc2)c2ccccc2)=N1)c1ccccc1C. The highest BCUT2D eigenvalue weighted by atomic mass is 31.1. The lowest BCUT2D eigenvalue weighted by molar-refractivity contribution is 0.306. The van der Waals surface area contributed by atoms with Crippen LogP contribution in [0.1, 0.15) is 34.6 Å². The minimum atomic E-state index is -0.451. The molecule has 1 heterocycles. The molecule has 0 unspecified atom stereocenters. The van der Waals surface area contributed by atoms with Gasteiger partial charge in [-0.05, 0) is 67.2 Å². The normalized spacial score (nSPS) is 15.3. The summed E-state index contributed by atoms with van der Waals surface area (Å²) in [7, 11) is -0.451. The minimum absolute atomic E-state index is 0.0386. The highest BCUT2D eigenvalue weighted by Crippen LogP contribution is 2.38. The Labute approximate surface area is 210 Å². The number of nitrogens with zero attached hydrogens (tertiary/aromatic N) is 1. The minimum Gasteiger partial charge on any atom is -0.478 e. The van der Waals surface area contributed by atoms with E-state index in [1.165, 1.54) is 32.9 Å². The summed E-state index contributed by atoms with van der Waals surface area (Å²) in [5.41, 5.74) is 5.20. The standard InChI is InChI=1S/C32H32NOP/c1-24-13-9-11-19-29(24)35(30-20-12-10-14-25(30)2)22-21-28-23-34-32(33-28)31(26-15-5-3-6-16-26)27-17-7-4-8-18-27/h3-20,28,31H,21-23H2,1-2H3/t28-/m0/s1. The molecule has 0 bridgehead atoms. The van der Waals surface area contributed by atoms with Crippen LogP contribution in [0.15, 0.2) is 114 Å². The molecule has 0 fully saturated rings. The zero-order valence-corrected chi connectivity index (χ0v) is 21.4. The first-order chi connectivity index (χ1) is 17.2. The van der Waals surface area contributed by atoms with E-state index in [-0.39, 0.29) is 12.0 Å². The van der Waals surface area contributed by atoms with Crippen LogP contribution in [-0.2, 0) is 4.74 Å². The van der Waals surface area contributed by atoms with Crippen molar-refractivity contribution in [1.29, 1.82) is 0 Å². The van der Waals surface area contributed by atoms with Gasteiger partial charge in [0.25, 0.3) is 0 Å². The Morgan fingerprint density at radius 3 is 1.71 bits per heavy atom. The van der Waals surface area contributed by atoms with Crippen molar-refractivity contribution in [2.24, 2.45) is 4.99 Å². The van der Waals surface area contributed by atoms with E-state index in [1.54, 1.807) is 0 Å². The topological polar surface area (TPSA) is 21.6 Å². The molecule has 0 aliphatic carbocycles. The van der Waals surface area contributed by atoms with Gasteiger partial charge in [0.2, 0.25) is 0 Å². The van der Waals surface area contributed by atoms with Gasteiger partial charge in [-0.2, -0.15) is 0 Å². The van der Waals surface area contributed by atoms with Crippen LogP contribution < -0.4 is 10.6 Å². The molecular formula is C32H32NOP. The quantitative estimate of drug-likeness (QED) is 0.257. The summed E-state index contributed by atoms with van der Waals surface area (Å²) in [5, 5.41) is 2.96. The fraction of sp³-hybridized carbons (Fsp3) is 0.219. The first kappa shape index (κ1) is 23.5. The van der Waals surface area contributed by atoms with E-state index in [0.29, 0.717) is 6.61 Å². The summed E-state index contributed by atoms with van der Waals surface area (Å²) in [5.74, 6) is 0.889. The number of aryl methyl sites for hydroxylation is 2. The predicted octanol–water partition coefficient (Wildman–Crippen LogP) is 6.76. The van der Waals surface area contributed by atoms with E-state index in [2.05, 4.69) is 123 Å². The van der Waals surface area contributed by atoms with Gasteiger partial charge in [0.15, 0.2) is 5.90 Å². The number of hydrogen-bond donors (Lipinski definition) is 0. The van der Waals surface area contributed by atoms with Gasteiger partial charge in [-0.3, -0.25) is 0 Å². The third-order valence-corrected chi connectivity index (χ3v) is 9.62. The first-order valence-corrected chi connectivity index (χ1v) is 13.9. The van der Waals surface area contributed by atoms with E-state index in [1.807, 2.05) is 0 Å². The van der Waals surface area contributed by atoms with Gasteiger partial charge in [-0.25, -0.2) is 4.99 Å². The van der Waals surface area contributed by atoms with Crippen molar-refractivity contribution in [3.8, 4) is 0 Å². The van der Waals surface area contributed by atoms with Crippen molar-refractivity contribution in [3.63, 3.8) is 0 Å². The maximum Gasteiger partial charge on any atom is 0.196 e. The van der Waals surface area contributed by atoms with E-state index < -0.39 is 7.92 Å². The molecule has 1 aliphatic rings. The lowest BCUT2D eigenvalue weighted by atomic mass is 9.91. The number of hydrogen-bond acceptors (Lipinski definition) is 2. The van der Waals surface area contributed by atoms with E-state index in [0.717, 1.165) is 18.5 Å². The van der Waals surface area contributed by atoms with E-state index in [9.17, 15) is 0 Å². The van der Waals surface area contributed by atoms with Crippen molar-refractivity contribution in [2.75, 3.05) is 12.8 Å². The van der Waals surface area contributed by atoms with Gasteiger partial charge in [0.1, 0.15) is 6.61 Å². The second-order valence-electron chi connectivity index (χ2n) is 9.20. The molecule has 0 aromatic heterocycles. The zero-order chi connectivity index (χ0) is 24.0. The molecule has 176 valence electrons. The molecule has 0 saturated heterocycles. The summed E-state index contributed by atoms with van der Waals surface area (Å²) in [6, 6.07) is 39.1. The summed E-state index contributed by atoms with van der Waals surface area (Å²) in [4.78, 5) is 5.15. The summed E-state index contributed by atoms with van der Waals surface area (Å²) in [6.07, 6.45) is 2.13. The second-order valence-corrected chi connectivity index (χ2v) is 11.5. The largest absolute Gasteiger partial charge is 0.478 e. The molecule has 4 aromatic rings. The van der Waals surface area contributed by atoms with Gasteiger partial charge >= 0.3 is 0 Å². The lowest BCUT2D eigenvalue weighted by Crippen LogP contribution is -2.20. The van der Waals surface area contributed by atoms with Crippen molar-refractivity contribution >= 4 is 24.4 Å². The van der Waals surface area contributed by atoms with Gasteiger partial charge in [-0.15, -0.1) is 0 Å². The van der Waals surface area contributed by atoms with Crippen LogP contribution in [0.25, 0.3) is 0 Å². The number of ether oxygens (including phenoxy) is 1. The molecule has 35 heavy (non-hydrogen) atoms. The Hall–Kier alpha value is -3.22. The Kier molecular flexibility index (Phi) is 7.40. The fourth-order valence-corrected chi connectivity index (χ4v) is 7.72. The molecule has 1 atom stereocenters. The van der Waals surface area contributed by atoms with Crippen molar-refractivity contribution in [2.45, 2.75) is 32.2 Å². The number of aliphatic imine (C=N–C) groups is 1. The van der Waals surface area contributed by atoms with Crippen LogP contribution in [0, 0.1) is 13.8 Å². The molecule has 3 heteroatoms. The van der Waals surface area contributed by atoms with Crippen LogP contribution in [0.4, 0.5) is 0 Å². The molecule has 0 spiro atoms. The van der Waals surface area contributed by atoms with E-state index >= 15 is 0 Å². The first-order valence-electron chi connectivity index (χ1n) is 12.4. The van der Waals surface area contributed by atoms with Crippen molar-refractivity contribution in [3.05, 3.63) is 131 Å². The summed E-state index contributed by atoms with van der Waals surface area (Å²) in [6.45, 7) is 5.14. The van der Waals surface area contributed by atoms with Crippen LogP contribution in [-0.4, -0.2) is 24.7 Å². The average Bonchev–Trinajstić information content (AvgIpc) is 3.36. The van der Waals surface area contributed by atoms with Crippen molar-refractivity contribution in [1.82, 2.24) is 0 Å². The van der Waals surface area contributed by atoms with Gasteiger partial charge < -0.3 is 4.74 Å². The molecule has 0 N–H and O–H groups in total. The molecule has 0 amide bonds. The highest BCUT2D eigenvalue weighted by Gasteiger charge is 2.29. The highest BCUT2D eigenvalue weighted by molar-refractivity contribution is 7.73. The molecule has 0 saturated carbocycles. The molecular weight excluding hydrogens is 445 g/mol. The summed E-state index contributed by atoms with van der Waals surface area (Å²) >= 11 is 0. The monoisotopic (exact) mass is 477 g/mol.